The van der Waals surface area contributed by atoms with E-state index in [0.717, 1.165) is 0 Å². The van der Waals surface area contributed by atoms with E-state index in [4.69, 9.17) is 16.2 Å². The van der Waals surface area contributed by atoms with Gasteiger partial charge in [-0.3, -0.25) is 4.79 Å². The van der Waals surface area contributed by atoms with Crippen molar-refractivity contribution in [3.05, 3.63) is 30.3 Å². The summed E-state index contributed by atoms with van der Waals surface area (Å²) in [5.41, 5.74) is 12.4. The summed E-state index contributed by atoms with van der Waals surface area (Å²) >= 11 is 0. The number of ether oxygens (including phenoxy) is 1. The first-order chi connectivity index (χ1) is 13.5. The molecule has 0 aliphatic rings. The molecule has 2 aromatic rings. The monoisotopic (exact) mass is 421 g/mol. The van der Waals surface area contributed by atoms with Crippen LogP contribution in [0.3, 0.4) is 0 Å². The van der Waals surface area contributed by atoms with Crippen LogP contribution >= 0.6 is 0 Å². The summed E-state index contributed by atoms with van der Waals surface area (Å²) < 4.78 is 32.8. The van der Waals surface area contributed by atoms with Gasteiger partial charge in [-0.2, -0.15) is 4.98 Å². The summed E-state index contributed by atoms with van der Waals surface area (Å²) in [6.07, 6.45) is 0.259. The van der Waals surface area contributed by atoms with Gasteiger partial charge in [0.1, 0.15) is 0 Å². The number of rotatable bonds is 8. The summed E-state index contributed by atoms with van der Waals surface area (Å²) in [4.78, 5) is 20.2. The Bertz CT molecular complexity index is 976. The summed E-state index contributed by atoms with van der Waals surface area (Å²) in [7, 11) is -4.10. The maximum atomic E-state index is 12.6. The molecule has 5 N–H and O–H groups in total. The predicted octanol–water partition coefficient (Wildman–Crippen LogP) is 1.69. The second-order valence-electron chi connectivity index (χ2n) is 7.35. The average Bonchev–Trinajstić information content (AvgIpc) is 2.59. The van der Waals surface area contributed by atoms with Crippen molar-refractivity contribution >= 4 is 21.9 Å². The van der Waals surface area contributed by atoms with E-state index in [1.807, 2.05) is 32.4 Å². The zero-order chi connectivity index (χ0) is 21.8. The topological polar surface area (TPSA) is 150 Å². The van der Waals surface area contributed by atoms with Gasteiger partial charge in [-0.1, -0.05) is 26.0 Å². The number of benzene rings is 1. The van der Waals surface area contributed by atoms with Crippen LogP contribution in [-0.4, -0.2) is 36.4 Å². The van der Waals surface area contributed by atoms with E-state index >= 15 is 0 Å². The number of anilines is 1. The van der Waals surface area contributed by atoms with E-state index in [2.05, 4.69) is 9.97 Å². The molecule has 29 heavy (non-hydrogen) atoms. The fourth-order valence-electron chi connectivity index (χ4n) is 2.60. The Kier molecular flexibility index (Phi) is 7.15. The molecule has 0 spiro atoms. The van der Waals surface area contributed by atoms with E-state index in [9.17, 15) is 13.2 Å². The second kappa shape index (κ2) is 9.19. The Balaban J connectivity index is 2.31. The molecule has 1 aromatic carbocycles. The molecule has 10 heteroatoms. The molecule has 1 aromatic heterocycles. The number of nitrogens with one attached hydrogen (secondary N) is 1. The minimum atomic E-state index is -4.10. The lowest BCUT2D eigenvalue weighted by atomic mass is 10.0. The van der Waals surface area contributed by atoms with E-state index < -0.39 is 22.0 Å². The molecule has 1 heterocycles. The number of amides is 1. The first-order valence-electron chi connectivity index (χ1n) is 9.22. The number of nitrogen functional groups attached to an aromatic ring is 1. The molecule has 1 amide bonds. The van der Waals surface area contributed by atoms with Crippen molar-refractivity contribution in [1.29, 1.82) is 0 Å². The van der Waals surface area contributed by atoms with Crippen molar-refractivity contribution in [2.45, 2.75) is 51.2 Å². The quantitative estimate of drug-likeness (QED) is 0.582. The van der Waals surface area contributed by atoms with Crippen LogP contribution in [0.5, 0.6) is 5.88 Å². The lowest BCUT2D eigenvalue weighted by molar-refractivity contribution is -0.120. The van der Waals surface area contributed by atoms with Gasteiger partial charge in [-0.15, -0.1) is 0 Å². The highest BCUT2D eigenvalue weighted by Gasteiger charge is 2.23. The molecule has 1 atom stereocenters. The molecule has 0 unspecified atom stereocenters. The van der Waals surface area contributed by atoms with Gasteiger partial charge in [-0.25, -0.2) is 18.1 Å². The molecule has 0 saturated carbocycles. The Morgan fingerprint density at radius 3 is 2.48 bits per heavy atom. The number of nitrogens with zero attached hydrogens (tertiary/aromatic N) is 2. The lowest BCUT2D eigenvalue weighted by Crippen LogP contribution is -2.43. The summed E-state index contributed by atoms with van der Waals surface area (Å²) in [5.74, 6) is -0.307. The highest BCUT2D eigenvalue weighted by atomic mass is 32.2. The summed E-state index contributed by atoms with van der Waals surface area (Å²) in [6, 6.07) is 6.65. The average molecular weight is 422 g/mol. The third kappa shape index (κ3) is 6.40. The van der Waals surface area contributed by atoms with Crippen LogP contribution in [0.25, 0.3) is 11.3 Å². The fourth-order valence-corrected chi connectivity index (χ4v) is 3.67. The van der Waals surface area contributed by atoms with Crippen molar-refractivity contribution < 1.29 is 17.9 Å². The van der Waals surface area contributed by atoms with Gasteiger partial charge in [0.25, 0.3) is 15.9 Å². The van der Waals surface area contributed by atoms with Crippen molar-refractivity contribution in [2.75, 3.05) is 5.73 Å². The van der Waals surface area contributed by atoms with Gasteiger partial charge in [-0.05, 0) is 38.3 Å². The minimum Gasteiger partial charge on any atom is -0.475 e. The number of aromatic nitrogens is 2. The first kappa shape index (κ1) is 22.6. The van der Waals surface area contributed by atoms with Crippen LogP contribution in [-0.2, 0) is 14.8 Å². The first-order valence-corrected chi connectivity index (χ1v) is 10.7. The summed E-state index contributed by atoms with van der Waals surface area (Å²) in [6.45, 7) is 7.49. The number of sulfonamides is 1. The SMILES string of the molecule is CC(C)C[C@H](N)C(=O)NS(=O)(=O)c1cccc(-c2cc(OC(C)C)nc(N)n2)c1. The highest BCUT2D eigenvalue weighted by Crippen LogP contribution is 2.24. The number of carbonyl (C=O) groups is 1. The number of hydrogen-bond acceptors (Lipinski definition) is 8. The Morgan fingerprint density at radius 2 is 1.86 bits per heavy atom. The van der Waals surface area contributed by atoms with Gasteiger partial charge in [0.05, 0.1) is 22.7 Å². The van der Waals surface area contributed by atoms with Crippen LogP contribution in [0.1, 0.15) is 34.1 Å². The molecule has 0 fully saturated rings. The summed E-state index contributed by atoms with van der Waals surface area (Å²) in [5, 5.41) is 0. The molecule has 9 nitrogen and oxygen atoms in total. The van der Waals surface area contributed by atoms with Crippen LogP contribution in [0.4, 0.5) is 5.95 Å². The molecule has 0 radical (unpaired) electrons. The predicted molar refractivity (Wildman–Crippen MR) is 110 cm³/mol. The van der Waals surface area contributed by atoms with Crippen LogP contribution < -0.4 is 20.9 Å². The van der Waals surface area contributed by atoms with Crippen molar-refractivity contribution in [3.63, 3.8) is 0 Å². The zero-order valence-corrected chi connectivity index (χ0v) is 17.7. The molecule has 0 aliphatic heterocycles. The maximum Gasteiger partial charge on any atom is 0.264 e. The van der Waals surface area contributed by atoms with Gasteiger partial charge >= 0.3 is 0 Å². The van der Waals surface area contributed by atoms with E-state index in [-0.39, 0.29) is 28.7 Å². The largest absolute Gasteiger partial charge is 0.475 e. The lowest BCUT2D eigenvalue weighted by Gasteiger charge is -2.15. The number of nitrogens with two attached hydrogens (primary N) is 2. The Hall–Kier alpha value is -2.72. The molecule has 0 aliphatic carbocycles. The fraction of sp³-hybridized carbons (Fsp3) is 0.421. The van der Waals surface area contributed by atoms with Gasteiger partial charge in [0.15, 0.2) is 0 Å². The van der Waals surface area contributed by atoms with Crippen molar-refractivity contribution in [2.24, 2.45) is 11.7 Å². The van der Waals surface area contributed by atoms with Crippen molar-refractivity contribution in [3.8, 4) is 17.1 Å². The molecular weight excluding hydrogens is 394 g/mol. The molecule has 0 bridgehead atoms. The standard InChI is InChI=1S/C19H27N5O4S/c1-11(2)8-15(20)18(25)24-29(26,27)14-7-5-6-13(9-14)16-10-17(28-12(3)4)23-19(21)22-16/h5-7,9-12,15H,8,20H2,1-4H3,(H,24,25)(H2,21,22,23)/t15-/m0/s1. The molecular formula is C19H27N5O4S. The zero-order valence-electron chi connectivity index (χ0n) is 16.9. The third-order valence-electron chi connectivity index (χ3n) is 3.81. The number of hydrogen-bond donors (Lipinski definition) is 3. The Labute approximate surface area is 170 Å². The second-order valence-corrected chi connectivity index (χ2v) is 9.03. The van der Waals surface area contributed by atoms with Crippen LogP contribution in [0, 0.1) is 5.92 Å². The smallest absolute Gasteiger partial charge is 0.264 e. The third-order valence-corrected chi connectivity index (χ3v) is 5.16. The maximum absolute atomic E-state index is 12.6. The van der Waals surface area contributed by atoms with Crippen LogP contribution in [0.2, 0.25) is 0 Å². The van der Waals surface area contributed by atoms with Crippen molar-refractivity contribution in [1.82, 2.24) is 14.7 Å². The number of carbonyl (C=O) groups excluding carboxylic acids is 1. The van der Waals surface area contributed by atoms with Crippen LogP contribution in [0.15, 0.2) is 35.2 Å². The van der Waals surface area contributed by atoms with Gasteiger partial charge in [0, 0.05) is 11.6 Å². The molecule has 2 rings (SSSR count). The normalized spacial score (nSPS) is 12.8. The van der Waals surface area contributed by atoms with Gasteiger partial charge < -0.3 is 16.2 Å². The van der Waals surface area contributed by atoms with Gasteiger partial charge in [0.2, 0.25) is 11.8 Å². The molecule has 158 valence electrons. The minimum absolute atomic E-state index is 0.000582. The van der Waals surface area contributed by atoms with E-state index in [0.29, 0.717) is 17.7 Å². The van der Waals surface area contributed by atoms with E-state index in [1.165, 1.54) is 12.1 Å². The van der Waals surface area contributed by atoms with E-state index in [1.54, 1.807) is 18.2 Å². The highest BCUT2D eigenvalue weighted by molar-refractivity contribution is 7.90. The molecule has 0 saturated heterocycles. The Morgan fingerprint density at radius 1 is 1.17 bits per heavy atom.